The highest BCUT2D eigenvalue weighted by Gasteiger charge is 2.70. The van der Waals surface area contributed by atoms with E-state index in [0.29, 0.717) is 25.7 Å². The summed E-state index contributed by atoms with van der Waals surface area (Å²) in [5.74, 6) is -3.54. The number of carbonyl (C=O) groups is 1. The molecule has 4 rings (SSSR count). The van der Waals surface area contributed by atoms with E-state index in [9.17, 15) is 43.3 Å². The van der Waals surface area contributed by atoms with Crippen LogP contribution in [0, 0.1) is 58.2 Å². The zero-order chi connectivity index (χ0) is 29.4. The molecule has 4 aliphatic carbocycles. The van der Waals surface area contributed by atoms with E-state index < -0.39 is 81.5 Å². The molecule has 0 aromatic rings. The molecule has 0 aromatic carbocycles. The first-order valence-corrected chi connectivity index (χ1v) is 15.8. The number of hydrogen-bond donors (Lipinski definition) is 6. The molecule has 4 fully saturated rings. The van der Waals surface area contributed by atoms with Crippen LogP contribution in [0.1, 0.15) is 73.6 Å². The van der Waals surface area contributed by atoms with Crippen LogP contribution in [0.5, 0.6) is 0 Å². The van der Waals surface area contributed by atoms with Gasteiger partial charge in [0.05, 0.1) is 30.5 Å². The summed E-state index contributed by atoms with van der Waals surface area (Å²) in [5, 5.41) is 54.9. The number of fused-ring (bicyclic) bond motifs is 5. The fourth-order valence-electron chi connectivity index (χ4n) is 9.43. The van der Waals surface area contributed by atoms with E-state index in [2.05, 4.69) is 0 Å². The van der Waals surface area contributed by atoms with Crippen molar-refractivity contribution in [1.29, 1.82) is 0 Å². The molecule has 15 atom stereocenters. The largest absolute Gasteiger partial charge is 0.397 e. The summed E-state index contributed by atoms with van der Waals surface area (Å²) in [7, 11) is -5.02. The molecule has 10 nitrogen and oxygen atoms in total. The van der Waals surface area contributed by atoms with Gasteiger partial charge >= 0.3 is 10.4 Å². The van der Waals surface area contributed by atoms with Gasteiger partial charge in [0.1, 0.15) is 11.9 Å². The van der Waals surface area contributed by atoms with Gasteiger partial charge < -0.3 is 25.5 Å². The van der Waals surface area contributed by atoms with Gasteiger partial charge in [-0.15, -0.1) is 0 Å². The second-order valence-electron chi connectivity index (χ2n) is 14.0. The molecule has 4 saturated carbocycles. The first-order chi connectivity index (χ1) is 17.9. The molecule has 11 heteroatoms. The normalized spacial score (nSPS) is 47.6. The van der Waals surface area contributed by atoms with Crippen LogP contribution in [0.3, 0.4) is 0 Å². The average Bonchev–Trinajstić information content (AvgIpc) is 3.11. The molecular weight excluding hydrogens is 528 g/mol. The Morgan fingerprint density at radius 3 is 2.08 bits per heavy atom. The SMILES string of the molecule is CC(C)[C@H](C)[C@@H](O)[C@H](O)[C@@H](C)[C@H]1CC(=O)[C@@H]2[C@@H]3[C@@H](OS(=O)(=O)O)[C@H](O)[C@H]4[C@H](O)[C@@H](O)CC[C@]4(C)[C@H]3CC[C@]12C. The lowest BCUT2D eigenvalue weighted by molar-refractivity contribution is -0.245. The van der Waals surface area contributed by atoms with Crippen LogP contribution in [-0.2, 0) is 19.4 Å². The molecule has 226 valence electrons. The van der Waals surface area contributed by atoms with Crippen LogP contribution >= 0.6 is 0 Å². The second kappa shape index (κ2) is 10.6. The summed E-state index contributed by atoms with van der Waals surface area (Å²) in [4.78, 5) is 13.8. The molecular formula is C28H48O10S. The third-order valence-electron chi connectivity index (χ3n) is 11.9. The second-order valence-corrected chi connectivity index (χ2v) is 15.1. The minimum Gasteiger partial charge on any atom is -0.390 e. The van der Waals surface area contributed by atoms with Crippen molar-refractivity contribution in [2.45, 2.75) is 110 Å². The Kier molecular flexibility index (Phi) is 8.47. The molecule has 0 aliphatic heterocycles. The Morgan fingerprint density at radius 1 is 0.923 bits per heavy atom. The van der Waals surface area contributed by atoms with Crippen molar-refractivity contribution in [3.05, 3.63) is 0 Å². The molecule has 0 heterocycles. The van der Waals surface area contributed by atoms with E-state index in [1.54, 1.807) is 0 Å². The van der Waals surface area contributed by atoms with Gasteiger partial charge in [-0.05, 0) is 66.1 Å². The summed E-state index contributed by atoms with van der Waals surface area (Å²) in [6, 6.07) is 0. The Hall–Kier alpha value is -0.660. The Bertz CT molecular complexity index is 1030. The Labute approximate surface area is 232 Å². The van der Waals surface area contributed by atoms with Gasteiger partial charge in [0.25, 0.3) is 0 Å². The average molecular weight is 577 g/mol. The molecule has 0 radical (unpaired) electrons. The number of aliphatic hydroxyl groups is 5. The van der Waals surface area contributed by atoms with E-state index in [-0.39, 0.29) is 35.9 Å². The van der Waals surface area contributed by atoms with Crippen molar-refractivity contribution in [2.75, 3.05) is 0 Å². The van der Waals surface area contributed by atoms with Gasteiger partial charge in [-0.2, -0.15) is 8.42 Å². The number of hydrogen-bond acceptors (Lipinski definition) is 9. The summed E-state index contributed by atoms with van der Waals surface area (Å²) in [6.45, 7) is 11.6. The van der Waals surface area contributed by atoms with E-state index in [0.717, 1.165) is 0 Å². The van der Waals surface area contributed by atoms with Crippen LogP contribution in [0.15, 0.2) is 0 Å². The van der Waals surface area contributed by atoms with Gasteiger partial charge in [0, 0.05) is 24.2 Å². The smallest absolute Gasteiger partial charge is 0.390 e. The van der Waals surface area contributed by atoms with E-state index in [1.165, 1.54) is 0 Å². The van der Waals surface area contributed by atoms with E-state index in [4.69, 9.17) is 4.18 Å². The lowest BCUT2D eigenvalue weighted by Crippen LogP contribution is -2.68. The molecule has 39 heavy (non-hydrogen) atoms. The van der Waals surface area contributed by atoms with Crippen molar-refractivity contribution in [1.82, 2.24) is 0 Å². The molecule has 6 N–H and O–H groups in total. The number of aliphatic hydroxyl groups excluding tert-OH is 5. The van der Waals surface area contributed by atoms with Crippen LogP contribution < -0.4 is 0 Å². The molecule has 0 unspecified atom stereocenters. The Morgan fingerprint density at radius 2 is 1.51 bits per heavy atom. The molecule has 0 spiro atoms. The van der Waals surface area contributed by atoms with E-state index >= 15 is 0 Å². The first kappa shape index (κ1) is 31.3. The van der Waals surface area contributed by atoms with E-state index in [1.807, 2.05) is 41.5 Å². The number of carbonyl (C=O) groups excluding carboxylic acids is 1. The minimum atomic E-state index is -5.02. The van der Waals surface area contributed by atoms with Crippen molar-refractivity contribution in [3.8, 4) is 0 Å². The summed E-state index contributed by atoms with van der Waals surface area (Å²) in [6.07, 6.45) is -5.40. The van der Waals surface area contributed by atoms with Crippen molar-refractivity contribution in [3.63, 3.8) is 0 Å². The number of ketones is 1. The molecule has 0 aromatic heterocycles. The highest BCUT2D eigenvalue weighted by molar-refractivity contribution is 7.80. The lowest BCUT2D eigenvalue weighted by Gasteiger charge is -2.64. The maximum atomic E-state index is 13.8. The zero-order valence-corrected chi connectivity index (χ0v) is 24.7. The van der Waals surface area contributed by atoms with Gasteiger partial charge in [0.2, 0.25) is 0 Å². The molecule has 0 amide bonds. The predicted molar refractivity (Wildman–Crippen MR) is 141 cm³/mol. The fraction of sp³-hybridized carbons (Fsp3) is 0.964. The molecule has 0 saturated heterocycles. The van der Waals surface area contributed by atoms with Crippen LogP contribution in [-0.4, -0.2) is 80.9 Å². The topological polar surface area (TPSA) is 182 Å². The lowest BCUT2D eigenvalue weighted by atomic mass is 9.42. The molecule has 4 aliphatic rings. The minimum absolute atomic E-state index is 0.114. The van der Waals surface area contributed by atoms with Crippen molar-refractivity contribution in [2.24, 2.45) is 58.2 Å². The van der Waals surface area contributed by atoms with Crippen molar-refractivity contribution >= 4 is 16.2 Å². The monoisotopic (exact) mass is 576 g/mol. The summed E-state index contributed by atoms with van der Waals surface area (Å²) >= 11 is 0. The highest BCUT2D eigenvalue weighted by atomic mass is 32.3. The zero-order valence-electron chi connectivity index (χ0n) is 23.8. The quantitative estimate of drug-likeness (QED) is 0.243. The van der Waals surface area contributed by atoms with Gasteiger partial charge in [0.15, 0.2) is 0 Å². The van der Waals surface area contributed by atoms with Crippen LogP contribution in [0.2, 0.25) is 0 Å². The maximum absolute atomic E-state index is 13.8. The van der Waals surface area contributed by atoms with Crippen LogP contribution in [0.25, 0.3) is 0 Å². The predicted octanol–water partition coefficient (Wildman–Crippen LogP) is 1.57. The van der Waals surface area contributed by atoms with Gasteiger partial charge in [-0.1, -0.05) is 41.5 Å². The third kappa shape index (κ3) is 5.02. The number of rotatable bonds is 7. The summed E-state index contributed by atoms with van der Waals surface area (Å²) in [5.41, 5.74) is -1.37. The standard InChI is InChI=1S/C28H48O10S/c1-12(2)13(3)22(31)23(32)14(4)16-11-18(30)20-19-15(7-9-28(16,20)6)27(5)10-8-17(29)24(33)21(27)25(34)26(19)38-39(35,36)37/h12-17,19-26,29,31-34H,7-11H2,1-6H3,(H,35,36,37)/t13-,14-,15-,16+,17-,19+,20+,21+,22+,23+,24+,25+,26+,27+,28+/m0/s1. The highest BCUT2D eigenvalue weighted by Crippen LogP contribution is 2.68. The van der Waals surface area contributed by atoms with Crippen LogP contribution in [0.4, 0.5) is 0 Å². The maximum Gasteiger partial charge on any atom is 0.397 e. The summed E-state index contributed by atoms with van der Waals surface area (Å²) < 4.78 is 38.8. The fourth-order valence-corrected chi connectivity index (χ4v) is 9.96. The first-order valence-electron chi connectivity index (χ1n) is 14.5. The Balaban J connectivity index is 1.74. The molecule has 0 bridgehead atoms. The number of Topliss-reactive ketones (excluding diaryl/α,β-unsaturated/α-hetero) is 1. The van der Waals surface area contributed by atoms with Crippen molar-refractivity contribution < 1.29 is 47.5 Å². The third-order valence-corrected chi connectivity index (χ3v) is 12.4. The van der Waals surface area contributed by atoms with Gasteiger partial charge in [-0.3, -0.25) is 9.35 Å². The van der Waals surface area contributed by atoms with Gasteiger partial charge in [-0.25, -0.2) is 4.18 Å².